The van der Waals surface area contributed by atoms with Crippen LogP contribution in [0.5, 0.6) is 0 Å². The van der Waals surface area contributed by atoms with Crippen LogP contribution in [0.3, 0.4) is 0 Å². The number of aliphatic hydroxyl groups is 1. The summed E-state index contributed by atoms with van der Waals surface area (Å²) in [5, 5.41) is 14.6. The fourth-order valence-corrected chi connectivity index (χ4v) is 4.62. The van der Waals surface area contributed by atoms with Crippen LogP contribution in [0.2, 0.25) is 5.02 Å². The lowest BCUT2D eigenvalue weighted by Crippen LogP contribution is -2.45. The molecule has 37 heavy (non-hydrogen) atoms. The summed E-state index contributed by atoms with van der Waals surface area (Å²) in [6.45, 7) is 0. The van der Waals surface area contributed by atoms with Crippen molar-refractivity contribution in [1.29, 1.82) is 0 Å². The van der Waals surface area contributed by atoms with Gasteiger partial charge in [0.1, 0.15) is 11.6 Å². The van der Waals surface area contributed by atoms with Gasteiger partial charge in [-0.2, -0.15) is 0 Å². The maximum Gasteiger partial charge on any atom is 0.264 e. The lowest BCUT2D eigenvalue weighted by molar-refractivity contribution is 0.0681. The van der Waals surface area contributed by atoms with E-state index in [1.54, 1.807) is 6.07 Å². The summed E-state index contributed by atoms with van der Waals surface area (Å²) in [6.07, 6.45) is 3.08. The number of amides is 1. The number of imidazole rings is 1. The summed E-state index contributed by atoms with van der Waals surface area (Å²) >= 11 is 5.93. The van der Waals surface area contributed by atoms with E-state index < -0.39 is 45.9 Å². The topological polar surface area (TPSA) is 107 Å². The van der Waals surface area contributed by atoms with Gasteiger partial charge in [-0.05, 0) is 42.5 Å². The molecular formula is C25H14ClF3N6O2. The van der Waals surface area contributed by atoms with E-state index in [1.165, 1.54) is 48.8 Å². The fraction of sp³-hybridized carbons (Fsp3) is 0.0400. The van der Waals surface area contributed by atoms with Gasteiger partial charge in [0.15, 0.2) is 5.82 Å². The number of nitrogens with one attached hydrogen (secondary N) is 2. The van der Waals surface area contributed by atoms with Crippen molar-refractivity contribution in [2.75, 3.05) is 10.2 Å². The maximum atomic E-state index is 15.2. The van der Waals surface area contributed by atoms with Gasteiger partial charge in [-0.1, -0.05) is 23.7 Å². The van der Waals surface area contributed by atoms with E-state index >= 15 is 8.78 Å². The number of aromatic nitrogens is 4. The number of carbonyl (C=O) groups is 1. The first-order valence-corrected chi connectivity index (χ1v) is 11.2. The van der Waals surface area contributed by atoms with Crippen LogP contribution in [-0.4, -0.2) is 30.9 Å². The Balaban J connectivity index is 1.55. The largest absolute Gasteiger partial charge is 0.363 e. The van der Waals surface area contributed by atoms with E-state index in [2.05, 4.69) is 25.3 Å². The zero-order valence-corrected chi connectivity index (χ0v) is 19.3. The van der Waals surface area contributed by atoms with Gasteiger partial charge < -0.3 is 10.1 Å². The highest BCUT2D eigenvalue weighted by atomic mass is 35.5. The number of benzene rings is 3. The molecule has 12 heteroatoms. The Bertz CT molecular complexity index is 1710. The number of rotatable bonds is 4. The number of H-pyrrole nitrogens is 1. The highest BCUT2D eigenvalue weighted by molar-refractivity contribution is 6.31. The van der Waals surface area contributed by atoms with Crippen LogP contribution in [0.4, 0.5) is 30.8 Å². The third kappa shape index (κ3) is 3.43. The molecule has 0 radical (unpaired) electrons. The van der Waals surface area contributed by atoms with Gasteiger partial charge in [0.05, 0.1) is 32.9 Å². The molecular weight excluding hydrogens is 509 g/mol. The van der Waals surface area contributed by atoms with Gasteiger partial charge in [-0.3, -0.25) is 15.0 Å². The van der Waals surface area contributed by atoms with Crippen molar-refractivity contribution in [3.8, 4) is 0 Å². The first-order chi connectivity index (χ1) is 17.8. The molecule has 1 amide bonds. The van der Waals surface area contributed by atoms with Crippen molar-refractivity contribution < 1.29 is 23.1 Å². The minimum absolute atomic E-state index is 0.0648. The number of halogens is 4. The summed E-state index contributed by atoms with van der Waals surface area (Å²) in [5.74, 6) is -3.76. The van der Waals surface area contributed by atoms with E-state index in [9.17, 15) is 14.3 Å². The standard InChI is InChI=1S/C25H14ClF3N6O2/c26-13-3-1-4-18(21(13)29)35-22(36)19-14(27)6-7-15(28)20(19)25(35,37)12-5-8-16-17(11-12)33-24(32-16)34-23-30-9-2-10-31-23/h1-11,37H,(H2,30,31,32,33,34). The van der Waals surface area contributed by atoms with Crippen LogP contribution >= 0.6 is 11.6 Å². The minimum Gasteiger partial charge on any atom is -0.363 e. The Morgan fingerprint density at radius 2 is 1.76 bits per heavy atom. The van der Waals surface area contributed by atoms with Crippen LogP contribution < -0.4 is 10.2 Å². The number of anilines is 3. The number of nitrogens with zero attached hydrogens (tertiary/aromatic N) is 4. The van der Waals surface area contributed by atoms with Crippen LogP contribution in [0.15, 0.2) is 67.0 Å². The van der Waals surface area contributed by atoms with Crippen LogP contribution in [-0.2, 0) is 5.72 Å². The van der Waals surface area contributed by atoms with Crippen molar-refractivity contribution in [1.82, 2.24) is 19.9 Å². The first-order valence-electron chi connectivity index (χ1n) is 10.8. The molecule has 5 aromatic rings. The third-order valence-corrected chi connectivity index (χ3v) is 6.34. The molecule has 8 nitrogen and oxygen atoms in total. The molecule has 0 spiro atoms. The molecule has 3 N–H and O–H groups in total. The Morgan fingerprint density at radius 1 is 1.00 bits per heavy atom. The number of hydrogen-bond donors (Lipinski definition) is 3. The van der Waals surface area contributed by atoms with Gasteiger partial charge in [-0.15, -0.1) is 0 Å². The van der Waals surface area contributed by atoms with Crippen LogP contribution in [0.1, 0.15) is 21.5 Å². The summed E-state index contributed by atoms with van der Waals surface area (Å²) < 4.78 is 45.1. The average molecular weight is 523 g/mol. The summed E-state index contributed by atoms with van der Waals surface area (Å²) in [7, 11) is 0. The average Bonchev–Trinajstić information content (AvgIpc) is 3.40. The Labute approximate surface area is 211 Å². The molecule has 1 atom stereocenters. The smallest absolute Gasteiger partial charge is 0.264 e. The molecule has 0 bridgehead atoms. The molecule has 3 aromatic carbocycles. The molecule has 0 fully saturated rings. The van der Waals surface area contributed by atoms with Gasteiger partial charge >= 0.3 is 0 Å². The maximum absolute atomic E-state index is 15.2. The highest BCUT2D eigenvalue weighted by Gasteiger charge is 2.54. The van der Waals surface area contributed by atoms with Gasteiger partial charge in [0.2, 0.25) is 17.6 Å². The third-order valence-electron chi connectivity index (χ3n) is 6.05. The lowest BCUT2D eigenvalue weighted by atomic mass is 9.92. The predicted octanol–water partition coefficient (Wildman–Crippen LogP) is 5.02. The number of hydrogen-bond acceptors (Lipinski definition) is 6. The summed E-state index contributed by atoms with van der Waals surface area (Å²) in [5.41, 5.74) is -3.71. The molecule has 1 aliphatic rings. The summed E-state index contributed by atoms with van der Waals surface area (Å²) in [4.78, 5) is 29.5. The van der Waals surface area contributed by atoms with Crippen molar-refractivity contribution >= 4 is 46.1 Å². The molecule has 0 saturated heterocycles. The van der Waals surface area contributed by atoms with Crippen LogP contribution in [0, 0.1) is 17.5 Å². The molecule has 184 valence electrons. The predicted molar refractivity (Wildman–Crippen MR) is 129 cm³/mol. The van der Waals surface area contributed by atoms with Crippen molar-refractivity contribution in [3.63, 3.8) is 0 Å². The zero-order chi connectivity index (χ0) is 25.9. The highest BCUT2D eigenvalue weighted by Crippen LogP contribution is 2.48. The second kappa shape index (κ2) is 8.29. The quantitative estimate of drug-likeness (QED) is 0.306. The molecule has 0 aliphatic carbocycles. The van der Waals surface area contributed by atoms with Crippen molar-refractivity contribution in [2.24, 2.45) is 0 Å². The SMILES string of the molecule is O=C1c2c(F)ccc(F)c2C(O)(c2ccc3[nH]c(Nc4ncccn4)nc3c2)N1c1cccc(Cl)c1F. The molecule has 1 aliphatic heterocycles. The second-order valence-corrected chi connectivity index (χ2v) is 8.59. The second-order valence-electron chi connectivity index (χ2n) is 8.18. The molecule has 1 unspecified atom stereocenters. The number of aromatic amines is 1. The number of carbonyl (C=O) groups excluding carboxylic acids is 1. The minimum atomic E-state index is -2.63. The van der Waals surface area contributed by atoms with E-state index in [1.807, 2.05) is 0 Å². The van der Waals surface area contributed by atoms with Gasteiger partial charge in [-0.25, -0.2) is 28.1 Å². The molecule has 2 aromatic heterocycles. The molecule has 0 saturated carbocycles. The van der Waals surface area contributed by atoms with E-state index in [0.717, 1.165) is 12.1 Å². The van der Waals surface area contributed by atoms with E-state index in [0.29, 0.717) is 15.9 Å². The zero-order valence-electron chi connectivity index (χ0n) is 18.5. The van der Waals surface area contributed by atoms with E-state index in [-0.39, 0.29) is 22.5 Å². The lowest BCUT2D eigenvalue weighted by Gasteiger charge is -2.35. The van der Waals surface area contributed by atoms with Crippen LogP contribution in [0.25, 0.3) is 11.0 Å². The summed E-state index contributed by atoms with van der Waals surface area (Å²) in [6, 6.07) is 11.3. The fourth-order valence-electron chi connectivity index (χ4n) is 4.45. The molecule has 3 heterocycles. The Kier molecular flexibility index (Phi) is 5.14. The van der Waals surface area contributed by atoms with Crippen molar-refractivity contribution in [2.45, 2.75) is 5.72 Å². The van der Waals surface area contributed by atoms with Gasteiger partial charge in [0.25, 0.3) is 5.91 Å². The van der Waals surface area contributed by atoms with Crippen molar-refractivity contribution in [3.05, 3.63) is 106 Å². The normalized spacial score (nSPS) is 16.9. The molecule has 6 rings (SSSR count). The monoisotopic (exact) mass is 522 g/mol. The number of fused-ring (bicyclic) bond motifs is 2. The van der Waals surface area contributed by atoms with Gasteiger partial charge in [0, 0.05) is 18.0 Å². The Hall–Kier alpha value is -4.48. The Morgan fingerprint density at radius 3 is 2.54 bits per heavy atom. The van der Waals surface area contributed by atoms with E-state index in [4.69, 9.17) is 11.6 Å². The first kappa shape index (κ1) is 23.0.